The molecule has 0 N–H and O–H groups in total. The lowest BCUT2D eigenvalue weighted by Gasteiger charge is -2.12. The predicted molar refractivity (Wildman–Crippen MR) is 181 cm³/mol. The van der Waals surface area contributed by atoms with E-state index in [1.165, 1.54) is 26.9 Å². The lowest BCUT2D eigenvalue weighted by atomic mass is 9.93. The quantitative estimate of drug-likeness (QED) is 0.197. The van der Waals surface area contributed by atoms with Gasteiger partial charge in [-0.05, 0) is 81.2 Å². The maximum absolute atomic E-state index is 6.19. The molecule has 0 amide bonds. The molecular weight excluding hydrogens is 538 g/mol. The van der Waals surface area contributed by atoms with Gasteiger partial charge >= 0.3 is 0 Å². The van der Waals surface area contributed by atoms with Gasteiger partial charge in [0.2, 0.25) is 0 Å². The van der Waals surface area contributed by atoms with Crippen LogP contribution in [0.1, 0.15) is 0 Å². The van der Waals surface area contributed by atoms with Crippen LogP contribution in [0.5, 0.6) is 0 Å². The summed E-state index contributed by atoms with van der Waals surface area (Å²) in [6.07, 6.45) is 4.01. The smallest absolute Gasteiger partial charge is 0.137 e. The number of para-hydroxylation sites is 1. The number of aromatic nitrogens is 3. The van der Waals surface area contributed by atoms with E-state index in [1.54, 1.807) is 0 Å². The number of hydrogen-bond donors (Lipinski definition) is 0. The van der Waals surface area contributed by atoms with E-state index >= 15 is 0 Å². The maximum atomic E-state index is 6.19. The van der Waals surface area contributed by atoms with Crippen LogP contribution in [0.25, 0.3) is 93.3 Å². The number of benzene rings is 6. The molecule has 0 bridgehead atoms. The molecule has 0 unspecified atom stereocenters. The first kappa shape index (κ1) is 23.6. The third kappa shape index (κ3) is 3.28. The van der Waals surface area contributed by atoms with Crippen LogP contribution >= 0.6 is 0 Å². The summed E-state index contributed by atoms with van der Waals surface area (Å²) < 4.78 is 8.40. The zero-order valence-corrected chi connectivity index (χ0v) is 23.5. The number of nitrogens with zero attached hydrogens (tertiary/aromatic N) is 3. The average Bonchev–Trinajstić information content (AvgIpc) is 3.66. The summed E-state index contributed by atoms with van der Waals surface area (Å²) in [7, 11) is 0. The van der Waals surface area contributed by atoms with Gasteiger partial charge in [0.1, 0.15) is 16.8 Å². The van der Waals surface area contributed by atoms with Gasteiger partial charge in [0.25, 0.3) is 0 Å². The van der Waals surface area contributed by atoms with Gasteiger partial charge in [-0.15, -0.1) is 0 Å². The highest BCUT2D eigenvalue weighted by molar-refractivity contribution is 6.30. The lowest BCUT2D eigenvalue weighted by molar-refractivity contribution is 0.669. The Hall–Kier alpha value is -6.00. The molecule has 0 radical (unpaired) electrons. The fraction of sp³-hybridized carbons (Fsp3) is 0. The minimum Gasteiger partial charge on any atom is -0.456 e. The second kappa shape index (κ2) is 8.76. The fourth-order valence-electron chi connectivity index (χ4n) is 6.99. The largest absolute Gasteiger partial charge is 0.456 e. The monoisotopic (exact) mass is 561 g/mol. The molecular formula is C40H23N3O. The fourth-order valence-corrected chi connectivity index (χ4v) is 6.99. The molecule has 4 nitrogen and oxygen atoms in total. The summed E-state index contributed by atoms with van der Waals surface area (Å²) in [6, 6.07) is 44.9. The molecule has 0 aliphatic carbocycles. The molecule has 6 aromatic carbocycles. The molecule has 0 saturated heterocycles. The third-order valence-corrected chi connectivity index (χ3v) is 9.03. The molecule has 0 saturated carbocycles. The van der Waals surface area contributed by atoms with Crippen molar-refractivity contribution < 1.29 is 4.42 Å². The molecule has 0 aliphatic rings. The van der Waals surface area contributed by atoms with Gasteiger partial charge in [-0.1, -0.05) is 78.9 Å². The second-order valence-electron chi connectivity index (χ2n) is 11.4. The Morgan fingerprint density at radius 3 is 2.27 bits per heavy atom. The lowest BCUT2D eigenvalue weighted by Crippen LogP contribution is -1.90. The maximum Gasteiger partial charge on any atom is 0.137 e. The van der Waals surface area contributed by atoms with Crippen molar-refractivity contribution in [3.63, 3.8) is 0 Å². The van der Waals surface area contributed by atoms with E-state index < -0.39 is 0 Å². The SMILES string of the molecule is c1ccc2c(c1)ccc1c3nc4ccccn4c3c3ccc(-c4cc(-c5ccc6c(c5)oc5ccccc56)ccn4)cc3c21. The molecule has 4 heteroatoms. The summed E-state index contributed by atoms with van der Waals surface area (Å²) in [5.74, 6) is 0. The van der Waals surface area contributed by atoms with E-state index in [0.29, 0.717) is 0 Å². The van der Waals surface area contributed by atoms with Crippen LogP contribution < -0.4 is 0 Å². The molecule has 10 aromatic rings. The Balaban J connectivity index is 1.22. The molecule has 0 fully saturated rings. The summed E-state index contributed by atoms with van der Waals surface area (Å²) in [5.41, 5.74) is 9.12. The van der Waals surface area contributed by atoms with E-state index in [4.69, 9.17) is 14.4 Å². The first-order valence-corrected chi connectivity index (χ1v) is 14.8. The molecule has 0 atom stereocenters. The van der Waals surface area contributed by atoms with E-state index in [1.807, 2.05) is 24.4 Å². The summed E-state index contributed by atoms with van der Waals surface area (Å²) in [5, 5.41) is 9.48. The van der Waals surface area contributed by atoms with Crippen molar-refractivity contribution in [2.75, 3.05) is 0 Å². The number of rotatable bonds is 2. The van der Waals surface area contributed by atoms with Crippen molar-refractivity contribution >= 4 is 70.9 Å². The number of imidazole rings is 1. The molecule has 0 aliphatic heterocycles. The van der Waals surface area contributed by atoms with Crippen LogP contribution in [0.15, 0.2) is 144 Å². The van der Waals surface area contributed by atoms with Gasteiger partial charge in [0.05, 0.1) is 16.7 Å². The Morgan fingerprint density at radius 2 is 1.30 bits per heavy atom. The molecule has 44 heavy (non-hydrogen) atoms. The Morgan fingerprint density at radius 1 is 0.523 bits per heavy atom. The second-order valence-corrected chi connectivity index (χ2v) is 11.4. The predicted octanol–water partition coefficient (Wildman–Crippen LogP) is 10.6. The summed E-state index contributed by atoms with van der Waals surface area (Å²) in [6.45, 7) is 0. The number of hydrogen-bond acceptors (Lipinski definition) is 3. The number of fused-ring (bicyclic) bond motifs is 13. The summed E-state index contributed by atoms with van der Waals surface area (Å²) in [4.78, 5) is 9.95. The topological polar surface area (TPSA) is 43.3 Å². The zero-order chi connectivity index (χ0) is 28.8. The van der Waals surface area contributed by atoms with E-state index in [9.17, 15) is 0 Å². The first-order chi connectivity index (χ1) is 21.8. The van der Waals surface area contributed by atoms with Gasteiger partial charge in [0.15, 0.2) is 0 Å². The van der Waals surface area contributed by atoms with Gasteiger partial charge in [0, 0.05) is 39.5 Å². The van der Waals surface area contributed by atoms with Gasteiger partial charge in [-0.3, -0.25) is 9.38 Å². The average molecular weight is 562 g/mol. The van der Waals surface area contributed by atoms with Gasteiger partial charge in [-0.25, -0.2) is 4.98 Å². The number of furan rings is 1. The van der Waals surface area contributed by atoms with E-state index in [0.717, 1.165) is 66.4 Å². The highest BCUT2D eigenvalue weighted by atomic mass is 16.3. The van der Waals surface area contributed by atoms with Crippen molar-refractivity contribution in [2.24, 2.45) is 0 Å². The third-order valence-electron chi connectivity index (χ3n) is 9.03. The van der Waals surface area contributed by atoms with E-state index in [2.05, 4.69) is 120 Å². The Bertz CT molecular complexity index is 2790. The first-order valence-electron chi connectivity index (χ1n) is 14.8. The van der Waals surface area contributed by atoms with Crippen LogP contribution in [0.2, 0.25) is 0 Å². The highest BCUT2D eigenvalue weighted by Gasteiger charge is 2.17. The molecule has 0 spiro atoms. The van der Waals surface area contributed by atoms with Crippen LogP contribution in [0.3, 0.4) is 0 Å². The van der Waals surface area contributed by atoms with Crippen molar-refractivity contribution in [2.45, 2.75) is 0 Å². The van der Waals surface area contributed by atoms with Crippen molar-refractivity contribution in [3.05, 3.63) is 140 Å². The normalized spacial score (nSPS) is 12.1. The van der Waals surface area contributed by atoms with Crippen LogP contribution in [0.4, 0.5) is 0 Å². The summed E-state index contributed by atoms with van der Waals surface area (Å²) >= 11 is 0. The van der Waals surface area contributed by atoms with E-state index in [-0.39, 0.29) is 0 Å². The van der Waals surface area contributed by atoms with Gasteiger partial charge in [-0.2, -0.15) is 0 Å². The Kier molecular flexibility index (Phi) is 4.69. The van der Waals surface area contributed by atoms with Gasteiger partial charge < -0.3 is 4.42 Å². The molecule has 204 valence electrons. The molecule has 4 aromatic heterocycles. The minimum atomic E-state index is 0.892. The zero-order valence-electron chi connectivity index (χ0n) is 23.5. The van der Waals surface area contributed by atoms with Crippen LogP contribution in [-0.2, 0) is 0 Å². The van der Waals surface area contributed by atoms with Crippen LogP contribution in [0, 0.1) is 0 Å². The molecule has 4 heterocycles. The molecule has 10 rings (SSSR count). The highest BCUT2D eigenvalue weighted by Crippen LogP contribution is 2.41. The minimum absolute atomic E-state index is 0.892. The standard InChI is InChI=1S/C40H23N3O/c1-2-8-28-24(7-1)12-17-32-38(28)33-21-27(14-16-31(33)40-39(32)42-37-11-5-6-20-43(37)40)34-22-26(18-19-41-34)25-13-15-30-29-9-3-4-10-35(29)44-36(30)23-25/h1-23H. The van der Waals surface area contributed by atoms with Crippen molar-refractivity contribution in [3.8, 4) is 22.4 Å². The Labute approximate surface area is 251 Å². The van der Waals surface area contributed by atoms with Crippen molar-refractivity contribution in [1.82, 2.24) is 14.4 Å². The van der Waals surface area contributed by atoms with Crippen molar-refractivity contribution in [1.29, 1.82) is 0 Å². The van der Waals surface area contributed by atoms with Crippen LogP contribution in [-0.4, -0.2) is 14.4 Å². The number of pyridine rings is 2.